The number of ether oxygens (including phenoxy) is 1. The lowest BCUT2D eigenvalue weighted by molar-refractivity contribution is -0.138. The minimum atomic E-state index is -4.54. The summed E-state index contributed by atoms with van der Waals surface area (Å²) in [5, 5.41) is 2.46. The number of hydrogen-bond acceptors (Lipinski definition) is 3. The molecular formula is C17H26ClF3N2O2. The second kappa shape index (κ2) is 8.76. The van der Waals surface area contributed by atoms with Gasteiger partial charge in [0, 0.05) is 6.54 Å². The Morgan fingerprint density at radius 3 is 2.24 bits per heavy atom. The summed E-state index contributed by atoms with van der Waals surface area (Å²) >= 11 is 0. The first-order chi connectivity index (χ1) is 10.8. The summed E-state index contributed by atoms with van der Waals surface area (Å²) < 4.78 is 45.3. The second-order valence-corrected chi connectivity index (χ2v) is 7.02. The van der Waals surface area contributed by atoms with Gasteiger partial charge < -0.3 is 15.8 Å². The molecule has 0 aliphatic heterocycles. The number of rotatable bonds is 5. The topological polar surface area (TPSA) is 64.4 Å². The van der Waals surface area contributed by atoms with E-state index >= 15 is 0 Å². The van der Waals surface area contributed by atoms with Gasteiger partial charge in [-0.15, -0.1) is 12.4 Å². The molecule has 0 saturated carbocycles. The molecule has 4 nitrogen and oxygen atoms in total. The fourth-order valence-corrected chi connectivity index (χ4v) is 1.99. The zero-order chi connectivity index (χ0) is 18.7. The molecule has 144 valence electrons. The predicted octanol–water partition coefficient (Wildman–Crippen LogP) is 3.90. The fraction of sp³-hybridized carbons (Fsp3) is 0.588. The number of amides is 1. The zero-order valence-electron chi connectivity index (χ0n) is 15.0. The van der Waals surface area contributed by atoms with Gasteiger partial charge in [-0.1, -0.05) is 19.9 Å². The quantitative estimate of drug-likeness (QED) is 0.811. The van der Waals surface area contributed by atoms with Crippen LogP contribution in [0.15, 0.2) is 18.2 Å². The normalized spacial score (nSPS) is 13.2. The van der Waals surface area contributed by atoms with Crippen molar-refractivity contribution in [2.75, 3.05) is 0 Å². The minimum absolute atomic E-state index is 0. The minimum Gasteiger partial charge on any atom is -0.488 e. The molecule has 0 unspecified atom stereocenters. The van der Waals surface area contributed by atoms with Gasteiger partial charge in [-0.2, -0.15) is 13.2 Å². The van der Waals surface area contributed by atoms with Gasteiger partial charge >= 0.3 is 6.18 Å². The molecule has 0 saturated heterocycles. The summed E-state index contributed by atoms with van der Waals surface area (Å²) in [4.78, 5) is 11.8. The Kier molecular flexibility index (Phi) is 8.24. The van der Waals surface area contributed by atoms with Crippen LogP contribution in [0.5, 0.6) is 5.75 Å². The monoisotopic (exact) mass is 382 g/mol. The van der Waals surface area contributed by atoms with Crippen molar-refractivity contribution in [1.82, 2.24) is 5.32 Å². The number of hydrogen-bond donors (Lipinski definition) is 2. The Morgan fingerprint density at radius 1 is 1.24 bits per heavy atom. The van der Waals surface area contributed by atoms with E-state index in [2.05, 4.69) is 5.32 Å². The molecule has 1 aromatic carbocycles. The molecule has 0 spiro atoms. The van der Waals surface area contributed by atoms with Crippen LogP contribution < -0.4 is 15.8 Å². The number of carbonyl (C=O) groups excluding carboxylic acids is 1. The summed E-state index contributed by atoms with van der Waals surface area (Å²) in [6.07, 6.45) is -4.54. The van der Waals surface area contributed by atoms with Crippen molar-refractivity contribution in [1.29, 1.82) is 0 Å². The van der Waals surface area contributed by atoms with E-state index in [1.54, 1.807) is 34.6 Å². The maximum Gasteiger partial charge on any atom is 0.416 e. The molecule has 3 N–H and O–H groups in total. The summed E-state index contributed by atoms with van der Waals surface area (Å²) in [5.74, 6) is -0.452. The molecule has 8 heteroatoms. The second-order valence-electron chi connectivity index (χ2n) is 7.02. The largest absolute Gasteiger partial charge is 0.488 e. The van der Waals surface area contributed by atoms with Crippen LogP contribution in [0.25, 0.3) is 0 Å². The summed E-state index contributed by atoms with van der Waals surface area (Å²) in [5.41, 5.74) is 4.21. The molecule has 0 bridgehead atoms. The van der Waals surface area contributed by atoms with E-state index < -0.39 is 29.3 Å². The van der Waals surface area contributed by atoms with Crippen LogP contribution >= 0.6 is 12.4 Å². The van der Waals surface area contributed by atoms with Crippen LogP contribution in [0, 0.1) is 5.92 Å². The van der Waals surface area contributed by atoms with E-state index in [0.717, 1.165) is 6.07 Å². The van der Waals surface area contributed by atoms with Gasteiger partial charge in [0.05, 0.1) is 11.6 Å². The van der Waals surface area contributed by atoms with E-state index in [1.807, 2.05) is 0 Å². The average Bonchev–Trinajstić information content (AvgIpc) is 2.41. The standard InChI is InChI=1S/C17H25F3N2O2.ClH/c1-10(2)14(21)15(23)22-9-11-6-7-12(24-16(3,4)5)8-13(11)17(18,19)20;/h6-8,10,14H,9,21H2,1-5H3,(H,22,23);1H/t14-;/m0./s1. The maximum absolute atomic E-state index is 13.3. The van der Waals surface area contributed by atoms with Crippen molar-refractivity contribution < 1.29 is 22.7 Å². The number of nitrogens with one attached hydrogen (secondary N) is 1. The third kappa shape index (κ3) is 7.52. The molecule has 25 heavy (non-hydrogen) atoms. The van der Waals surface area contributed by atoms with Gasteiger partial charge in [0.15, 0.2) is 0 Å². The Morgan fingerprint density at radius 2 is 1.80 bits per heavy atom. The van der Waals surface area contributed by atoms with Crippen molar-refractivity contribution in [2.24, 2.45) is 11.7 Å². The lowest BCUT2D eigenvalue weighted by Gasteiger charge is -2.23. The summed E-state index contributed by atoms with van der Waals surface area (Å²) in [6, 6.07) is 2.97. The summed E-state index contributed by atoms with van der Waals surface area (Å²) in [7, 11) is 0. The molecule has 0 fully saturated rings. The third-order valence-corrected chi connectivity index (χ3v) is 3.28. The smallest absolute Gasteiger partial charge is 0.416 e. The molecule has 0 aliphatic rings. The van der Waals surface area contributed by atoms with Crippen LogP contribution in [0.3, 0.4) is 0 Å². The van der Waals surface area contributed by atoms with Crippen LogP contribution in [0.4, 0.5) is 13.2 Å². The lowest BCUT2D eigenvalue weighted by atomic mass is 10.0. The number of alkyl halides is 3. The summed E-state index contributed by atoms with van der Waals surface area (Å²) in [6.45, 7) is 8.54. The SMILES string of the molecule is CC(C)[C@H](N)C(=O)NCc1ccc(OC(C)(C)C)cc1C(F)(F)F.Cl. The van der Waals surface area contributed by atoms with Gasteiger partial charge in [-0.25, -0.2) is 0 Å². The predicted molar refractivity (Wildman–Crippen MR) is 93.7 cm³/mol. The third-order valence-electron chi connectivity index (χ3n) is 3.28. The molecule has 0 aromatic heterocycles. The molecule has 1 atom stereocenters. The Labute approximate surface area is 152 Å². The first kappa shape index (κ1) is 23.5. The van der Waals surface area contributed by atoms with Crippen LogP contribution in [-0.4, -0.2) is 17.6 Å². The van der Waals surface area contributed by atoms with Crippen molar-refractivity contribution >= 4 is 18.3 Å². The van der Waals surface area contributed by atoms with Crippen LogP contribution in [-0.2, 0) is 17.5 Å². The molecule has 1 aromatic rings. The van der Waals surface area contributed by atoms with Gasteiger partial charge in [0.1, 0.15) is 11.4 Å². The van der Waals surface area contributed by atoms with E-state index in [0.29, 0.717) is 0 Å². The Hall–Kier alpha value is -1.47. The van der Waals surface area contributed by atoms with E-state index in [4.69, 9.17) is 10.5 Å². The van der Waals surface area contributed by atoms with Crippen molar-refractivity contribution in [3.8, 4) is 5.75 Å². The van der Waals surface area contributed by atoms with Crippen molar-refractivity contribution in [2.45, 2.75) is 59.0 Å². The van der Waals surface area contributed by atoms with Crippen LogP contribution in [0.1, 0.15) is 45.7 Å². The fourth-order valence-electron chi connectivity index (χ4n) is 1.99. The van der Waals surface area contributed by atoms with Gasteiger partial charge in [-0.05, 0) is 44.4 Å². The molecular weight excluding hydrogens is 357 g/mol. The Bertz CT molecular complexity index is 584. The highest BCUT2D eigenvalue weighted by atomic mass is 35.5. The number of carbonyl (C=O) groups is 1. The molecule has 0 heterocycles. The zero-order valence-corrected chi connectivity index (χ0v) is 15.8. The highest BCUT2D eigenvalue weighted by Crippen LogP contribution is 2.35. The molecule has 1 rings (SSSR count). The number of halogens is 4. The first-order valence-corrected chi connectivity index (χ1v) is 7.73. The van der Waals surface area contributed by atoms with Gasteiger partial charge in [-0.3, -0.25) is 4.79 Å². The molecule has 0 radical (unpaired) electrons. The first-order valence-electron chi connectivity index (χ1n) is 7.73. The number of nitrogens with two attached hydrogens (primary N) is 1. The van der Waals surface area contributed by atoms with E-state index in [-0.39, 0.29) is 36.2 Å². The average molecular weight is 383 g/mol. The van der Waals surface area contributed by atoms with E-state index in [9.17, 15) is 18.0 Å². The maximum atomic E-state index is 13.3. The molecule has 0 aliphatic carbocycles. The Balaban J connectivity index is 0.00000576. The van der Waals surface area contributed by atoms with Gasteiger partial charge in [0.25, 0.3) is 0 Å². The van der Waals surface area contributed by atoms with E-state index in [1.165, 1.54) is 12.1 Å². The molecule has 1 amide bonds. The highest BCUT2D eigenvalue weighted by Gasteiger charge is 2.34. The van der Waals surface area contributed by atoms with Crippen molar-refractivity contribution in [3.63, 3.8) is 0 Å². The van der Waals surface area contributed by atoms with Crippen molar-refractivity contribution in [3.05, 3.63) is 29.3 Å². The van der Waals surface area contributed by atoms with Gasteiger partial charge in [0.2, 0.25) is 5.91 Å². The van der Waals surface area contributed by atoms with Crippen LogP contribution in [0.2, 0.25) is 0 Å². The number of benzene rings is 1. The highest BCUT2D eigenvalue weighted by molar-refractivity contribution is 5.85. The lowest BCUT2D eigenvalue weighted by Crippen LogP contribution is -2.43.